The number of imidazole rings is 1. The lowest BCUT2D eigenvalue weighted by molar-refractivity contribution is -0.126. The molecule has 45 heavy (non-hydrogen) atoms. The molecule has 0 bridgehead atoms. The van der Waals surface area contributed by atoms with Crippen molar-refractivity contribution in [1.82, 2.24) is 25.1 Å². The number of amides is 4. The van der Waals surface area contributed by atoms with Gasteiger partial charge in [0.2, 0.25) is 5.91 Å². The summed E-state index contributed by atoms with van der Waals surface area (Å²) in [6, 6.07) is 23.1. The first kappa shape index (κ1) is 31.0. The van der Waals surface area contributed by atoms with E-state index in [0.29, 0.717) is 17.7 Å². The Kier molecular flexibility index (Phi) is 9.00. The molecule has 0 aliphatic carbocycles. The van der Waals surface area contributed by atoms with Gasteiger partial charge < -0.3 is 25.8 Å². The third kappa shape index (κ3) is 7.39. The second-order valence-corrected chi connectivity index (χ2v) is 12.3. The largest absolute Gasteiger partial charge is 0.352 e. The first-order valence-corrected chi connectivity index (χ1v) is 14.8. The minimum Gasteiger partial charge on any atom is -0.352 e. The van der Waals surface area contributed by atoms with Crippen LogP contribution in [-0.4, -0.2) is 38.3 Å². The maximum Gasteiger partial charge on any atom is 0.312 e. The number of urea groups is 1. The molecule has 1 aliphatic rings. The van der Waals surface area contributed by atoms with Gasteiger partial charge in [0.25, 0.3) is 5.91 Å². The van der Waals surface area contributed by atoms with E-state index < -0.39 is 12.1 Å². The van der Waals surface area contributed by atoms with Crippen molar-refractivity contribution >= 4 is 17.8 Å². The fourth-order valence-electron chi connectivity index (χ4n) is 5.46. The van der Waals surface area contributed by atoms with Gasteiger partial charge in [-0.1, -0.05) is 69.3 Å². The summed E-state index contributed by atoms with van der Waals surface area (Å²) < 4.78 is 2.04. The SMILES string of the molecule is CC(C)(C)c1ccc(Cn2cnc3c2CN(C(=O)c2ccc(C#N)cc2)C(C(=O)NCc2cccc(CNC(N)=O)c2)C3)cc1. The summed E-state index contributed by atoms with van der Waals surface area (Å²) in [5.41, 5.74) is 11.8. The van der Waals surface area contributed by atoms with Crippen LogP contribution in [0.3, 0.4) is 0 Å². The Morgan fingerprint density at radius 2 is 1.62 bits per heavy atom. The molecule has 0 fully saturated rings. The number of nitrogens with zero attached hydrogens (tertiary/aromatic N) is 4. The van der Waals surface area contributed by atoms with Crippen molar-refractivity contribution < 1.29 is 14.4 Å². The molecular formula is C35H37N7O3. The van der Waals surface area contributed by atoms with Crippen molar-refractivity contribution in [3.63, 3.8) is 0 Å². The number of nitriles is 1. The lowest BCUT2D eigenvalue weighted by Crippen LogP contribution is -2.52. The van der Waals surface area contributed by atoms with Crippen LogP contribution in [0.1, 0.15) is 70.3 Å². The number of hydrogen-bond donors (Lipinski definition) is 3. The van der Waals surface area contributed by atoms with Gasteiger partial charge in [-0.25, -0.2) is 9.78 Å². The minimum atomic E-state index is -0.783. The third-order valence-corrected chi connectivity index (χ3v) is 8.04. The topological polar surface area (TPSA) is 146 Å². The van der Waals surface area contributed by atoms with E-state index in [1.807, 2.05) is 28.8 Å². The summed E-state index contributed by atoms with van der Waals surface area (Å²) in [4.78, 5) is 44.9. The highest BCUT2D eigenvalue weighted by Crippen LogP contribution is 2.27. The second-order valence-electron chi connectivity index (χ2n) is 12.3. The monoisotopic (exact) mass is 603 g/mol. The van der Waals surface area contributed by atoms with Crippen molar-refractivity contribution in [3.05, 3.63) is 124 Å². The lowest BCUT2D eigenvalue weighted by Gasteiger charge is -2.35. The van der Waals surface area contributed by atoms with Crippen molar-refractivity contribution in [3.8, 4) is 6.07 Å². The van der Waals surface area contributed by atoms with Crippen LogP contribution in [0, 0.1) is 11.3 Å². The molecule has 4 amide bonds. The standard InChI is InChI=1S/C35H37N7O3/c1-35(2,3)28-13-9-24(10-14-28)20-41-22-40-29-16-30(32(43)38-18-25-5-4-6-26(15-25)19-39-34(37)45)42(21-31(29)41)33(44)27-11-7-23(17-36)8-12-27/h4-15,22,30H,16,18-21H2,1-3H3,(H,38,43)(H3,37,39,45). The molecule has 1 atom stereocenters. The lowest BCUT2D eigenvalue weighted by atomic mass is 9.87. The molecular weight excluding hydrogens is 566 g/mol. The van der Waals surface area contributed by atoms with Crippen LogP contribution >= 0.6 is 0 Å². The number of hydrogen-bond acceptors (Lipinski definition) is 5. The number of nitrogens with one attached hydrogen (secondary N) is 2. The predicted molar refractivity (Wildman–Crippen MR) is 170 cm³/mol. The predicted octanol–water partition coefficient (Wildman–Crippen LogP) is 4.15. The zero-order valence-corrected chi connectivity index (χ0v) is 25.7. The Bertz CT molecular complexity index is 1750. The van der Waals surface area contributed by atoms with Crippen molar-refractivity contribution in [2.24, 2.45) is 5.73 Å². The van der Waals surface area contributed by atoms with Gasteiger partial charge in [-0.05, 0) is 51.9 Å². The highest BCUT2D eigenvalue weighted by atomic mass is 16.2. The van der Waals surface area contributed by atoms with Crippen LogP contribution in [0.5, 0.6) is 0 Å². The van der Waals surface area contributed by atoms with Gasteiger partial charge in [0.1, 0.15) is 6.04 Å². The minimum absolute atomic E-state index is 0.0551. The average molecular weight is 604 g/mol. The summed E-state index contributed by atoms with van der Waals surface area (Å²) >= 11 is 0. The maximum absolute atomic E-state index is 13.9. The number of nitrogens with two attached hydrogens (primary N) is 1. The van der Waals surface area contributed by atoms with Crippen LogP contribution in [-0.2, 0) is 42.8 Å². The quantitative estimate of drug-likeness (QED) is 0.277. The van der Waals surface area contributed by atoms with Gasteiger partial charge in [-0.2, -0.15) is 5.26 Å². The molecule has 4 aromatic rings. The zero-order chi connectivity index (χ0) is 32.1. The first-order chi connectivity index (χ1) is 21.5. The van der Waals surface area contributed by atoms with Gasteiger partial charge in [0.15, 0.2) is 0 Å². The number of rotatable bonds is 8. The first-order valence-electron chi connectivity index (χ1n) is 14.8. The molecule has 0 saturated heterocycles. The zero-order valence-electron chi connectivity index (χ0n) is 25.7. The number of carbonyl (C=O) groups excluding carboxylic acids is 3. The molecule has 10 heteroatoms. The highest BCUT2D eigenvalue weighted by Gasteiger charge is 2.37. The normalized spacial score (nSPS) is 14.3. The molecule has 1 unspecified atom stereocenters. The van der Waals surface area contributed by atoms with Crippen LogP contribution < -0.4 is 16.4 Å². The van der Waals surface area contributed by atoms with Crippen LogP contribution in [0.15, 0.2) is 79.1 Å². The number of carbonyl (C=O) groups is 3. The molecule has 0 spiro atoms. The van der Waals surface area contributed by atoms with E-state index in [1.54, 1.807) is 35.5 Å². The maximum atomic E-state index is 13.9. The van der Waals surface area contributed by atoms with Gasteiger partial charge in [0, 0.05) is 31.6 Å². The fraction of sp³-hybridized carbons (Fsp3) is 0.286. The van der Waals surface area contributed by atoms with E-state index in [1.165, 1.54) is 5.56 Å². The Labute approximate surface area is 262 Å². The van der Waals surface area contributed by atoms with Crippen LogP contribution in [0.25, 0.3) is 0 Å². The van der Waals surface area contributed by atoms with Gasteiger partial charge >= 0.3 is 6.03 Å². The van der Waals surface area contributed by atoms with E-state index >= 15 is 0 Å². The Morgan fingerprint density at radius 3 is 2.24 bits per heavy atom. The van der Waals surface area contributed by atoms with Gasteiger partial charge in [0.05, 0.1) is 35.9 Å². The number of benzene rings is 3. The van der Waals surface area contributed by atoms with Crippen molar-refractivity contribution in [1.29, 1.82) is 5.26 Å². The number of fused-ring (bicyclic) bond motifs is 1. The van der Waals surface area contributed by atoms with E-state index in [9.17, 15) is 19.6 Å². The molecule has 1 aromatic heterocycles. The highest BCUT2D eigenvalue weighted by molar-refractivity contribution is 5.98. The summed E-state index contributed by atoms with van der Waals surface area (Å²) in [5, 5.41) is 14.8. The summed E-state index contributed by atoms with van der Waals surface area (Å²) in [5.74, 6) is -0.595. The molecule has 4 N–H and O–H groups in total. The molecule has 3 aromatic carbocycles. The molecule has 2 heterocycles. The number of aromatic nitrogens is 2. The molecule has 230 valence electrons. The molecule has 0 radical (unpaired) electrons. The van der Waals surface area contributed by atoms with Crippen molar-refractivity contribution in [2.45, 2.75) is 64.8 Å². The smallest absolute Gasteiger partial charge is 0.312 e. The second kappa shape index (κ2) is 13.1. The summed E-state index contributed by atoms with van der Waals surface area (Å²) in [6.45, 7) is 7.86. The van der Waals surface area contributed by atoms with E-state index in [2.05, 4.69) is 66.7 Å². The van der Waals surface area contributed by atoms with E-state index in [4.69, 9.17) is 5.73 Å². The summed E-state index contributed by atoms with van der Waals surface area (Å²) in [6.07, 6.45) is 2.04. The molecule has 1 aliphatic heterocycles. The van der Waals surface area contributed by atoms with E-state index in [0.717, 1.165) is 28.1 Å². The van der Waals surface area contributed by atoms with Crippen LogP contribution in [0.4, 0.5) is 4.79 Å². The third-order valence-electron chi connectivity index (χ3n) is 8.04. The Hall–Kier alpha value is -5.43. The number of primary amides is 1. The fourth-order valence-corrected chi connectivity index (χ4v) is 5.46. The molecule has 10 nitrogen and oxygen atoms in total. The van der Waals surface area contributed by atoms with Crippen LogP contribution in [0.2, 0.25) is 0 Å². The molecule has 0 saturated carbocycles. The van der Waals surface area contributed by atoms with Gasteiger partial charge in [-0.3, -0.25) is 9.59 Å². The van der Waals surface area contributed by atoms with E-state index in [-0.39, 0.29) is 43.3 Å². The summed E-state index contributed by atoms with van der Waals surface area (Å²) in [7, 11) is 0. The van der Waals surface area contributed by atoms with Gasteiger partial charge in [-0.15, -0.1) is 0 Å². The van der Waals surface area contributed by atoms with Crippen molar-refractivity contribution in [2.75, 3.05) is 0 Å². The average Bonchev–Trinajstić information content (AvgIpc) is 3.43. The molecule has 5 rings (SSSR count). The Morgan fingerprint density at radius 1 is 0.956 bits per heavy atom. The Balaban J connectivity index is 1.38.